The van der Waals surface area contributed by atoms with Crippen LogP contribution in [0.5, 0.6) is 0 Å². The number of nitrogens with one attached hydrogen (secondary N) is 3. The first-order valence-corrected chi connectivity index (χ1v) is 12.6. The van der Waals surface area contributed by atoms with Crippen LogP contribution < -0.4 is 15.7 Å². The Labute approximate surface area is 228 Å². The maximum absolute atomic E-state index is 14.8. The van der Waals surface area contributed by atoms with Crippen molar-refractivity contribution in [3.8, 4) is 0 Å². The highest BCUT2D eigenvalue weighted by molar-refractivity contribution is 5.95. The Balaban J connectivity index is 1.77. The lowest BCUT2D eigenvalue weighted by Crippen LogP contribution is -2.29. The molecule has 4 aromatic rings. The molecule has 4 N–H and O–H groups in total. The SMILES string of the molecule is CCCCc1nc(CN(C(=O)O)c2cn3ncnc(Nc4cc(C(=O)NOC)c(F)cc4F)c3c2C(C)C)c[nH]1. The number of imidazole rings is 1. The van der Waals surface area contributed by atoms with Crippen molar-refractivity contribution in [3.63, 3.8) is 0 Å². The number of aromatic amines is 1. The molecule has 0 saturated carbocycles. The van der Waals surface area contributed by atoms with E-state index in [2.05, 4.69) is 37.1 Å². The maximum atomic E-state index is 14.8. The van der Waals surface area contributed by atoms with Gasteiger partial charge in [0.25, 0.3) is 5.91 Å². The van der Waals surface area contributed by atoms with E-state index in [1.54, 1.807) is 12.4 Å². The molecule has 14 heteroatoms. The van der Waals surface area contributed by atoms with Gasteiger partial charge in [-0.05, 0) is 18.4 Å². The summed E-state index contributed by atoms with van der Waals surface area (Å²) in [5.74, 6) is -2.26. The number of hydroxylamine groups is 1. The fraction of sp³-hybridized carbons (Fsp3) is 0.346. The molecule has 3 aromatic heterocycles. The number of nitrogens with zero attached hydrogens (tertiary/aromatic N) is 5. The summed E-state index contributed by atoms with van der Waals surface area (Å²) in [6, 6.07) is 1.57. The van der Waals surface area contributed by atoms with Gasteiger partial charge in [-0.2, -0.15) is 5.10 Å². The van der Waals surface area contributed by atoms with Crippen molar-refractivity contribution in [3.05, 3.63) is 65.1 Å². The molecule has 0 spiro atoms. The minimum absolute atomic E-state index is 0.0185. The van der Waals surface area contributed by atoms with Gasteiger partial charge in [0.2, 0.25) is 0 Å². The largest absolute Gasteiger partial charge is 0.465 e. The number of rotatable bonds is 11. The Morgan fingerprint density at radius 1 is 1.25 bits per heavy atom. The molecule has 0 bridgehead atoms. The van der Waals surface area contributed by atoms with Gasteiger partial charge < -0.3 is 15.4 Å². The van der Waals surface area contributed by atoms with E-state index < -0.39 is 29.2 Å². The van der Waals surface area contributed by atoms with E-state index in [-0.39, 0.29) is 24.0 Å². The zero-order valence-corrected chi connectivity index (χ0v) is 22.5. The van der Waals surface area contributed by atoms with Crippen molar-refractivity contribution in [2.24, 2.45) is 0 Å². The monoisotopic (exact) mass is 556 g/mol. The number of H-pyrrole nitrogens is 1. The van der Waals surface area contributed by atoms with Crippen molar-refractivity contribution in [1.29, 1.82) is 0 Å². The van der Waals surface area contributed by atoms with Gasteiger partial charge >= 0.3 is 6.09 Å². The van der Waals surface area contributed by atoms with Gasteiger partial charge in [-0.3, -0.25) is 14.5 Å². The van der Waals surface area contributed by atoms with Crippen molar-refractivity contribution in [2.45, 2.75) is 52.5 Å². The predicted octanol–water partition coefficient (Wildman–Crippen LogP) is 4.92. The topological polar surface area (TPSA) is 150 Å². The number of anilines is 3. The number of carbonyl (C=O) groups is 2. The van der Waals surface area contributed by atoms with E-state index in [1.807, 2.05) is 19.3 Å². The Bertz CT molecular complexity index is 1530. The van der Waals surface area contributed by atoms with Crippen molar-refractivity contribution in [2.75, 3.05) is 17.3 Å². The molecule has 0 aliphatic rings. The molecule has 0 saturated heterocycles. The molecule has 3 heterocycles. The van der Waals surface area contributed by atoms with Crippen LogP contribution in [-0.4, -0.2) is 48.8 Å². The Kier molecular flexibility index (Phi) is 8.58. The number of amides is 2. The van der Waals surface area contributed by atoms with E-state index in [0.29, 0.717) is 28.5 Å². The van der Waals surface area contributed by atoms with E-state index >= 15 is 0 Å². The summed E-state index contributed by atoms with van der Waals surface area (Å²) in [4.78, 5) is 42.2. The van der Waals surface area contributed by atoms with E-state index in [4.69, 9.17) is 0 Å². The standard InChI is InChI=1S/C26H30F2N8O4/c1-5-6-7-21-29-10-15(32-21)11-35(26(38)39)20-12-36-23(22(20)14(2)3)24(30-13-31-36)33-19-8-16(25(37)34-40-4)17(27)9-18(19)28/h8-10,12-14H,5-7,11H2,1-4H3,(H,29,32)(H,34,37)(H,38,39)(H,30,31,33). The van der Waals surface area contributed by atoms with E-state index in [1.165, 1.54) is 22.9 Å². The van der Waals surface area contributed by atoms with Gasteiger partial charge in [0.1, 0.15) is 29.3 Å². The first-order valence-electron chi connectivity index (χ1n) is 12.6. The maximum Gasteiger partial charge on any atom is 0.412 e. The summed E-state index contributed by atoms with van der Waals surface area (Å²) < 4.78 is 30.5. The Hall–Kier alpha value is -4.59. The van der Waals surface area contributed by atoms with Crippen molar-refractivity contribution >= 4 is 34.7 Å². The molecule has 0 unspecified atom stereocenters. The number of halogens is 2. The number of carboxylic acid groups (broad SMARTS) is 1. The summed E-state index contributed by atoms with van der Waals surface area (Å²) in [5, 5.41) is 17.2. The van der Waals surface area contributed by atoms with Crippen LogP contribution in [0.3, 0.4) is 0 Å². The van der Waals surface area contributed by atoms with Gasteiger partial charge in [-0.25, -0.2) is 33.5 Å². The first-order chi connectivity index (χ1) is 19.1. The quantitative estimate of drug-likeness (QED) is 0.190. The second kappa shape index (κ2) is 12.1. The van der Waals surface area contributed by atoms with Gasteiger partial charge in [-0.1, -0.05) is 27.2 Å². The molecule has 2 amide bonds. The third kappa shape index (κ3) is 5.86. The fourth-order valence-electron chi connectivity index (χ4n) is 4.37. The second-order valence-corrected chi connectivity index (χ2v) is 9.37. The van der Waals surface area contributed by atoms with Crippen LogP contribution in [0.25, 0.3) is 5.52 Å². The molecule has 4 rings (SSSR count). The Morgan fingerprint density at radius 2 is 2.02 bits per heavy atom. The number of hydrogen-bond acceptors (Lipinski definition) is 7. The minimum Gasteiger partial charge on any atom is -0.465 e. The lowest BCUT2D eigenvalue weighted by Gasteiger charge is -2.20. The molecule has 1 aromatic carbocycles. The molecule has 12 nitrogen and oxygen atoms in total. The molecule has 40 heavy (non-hydrogen) atoms. The zero-order chi connectivity index (χ0) is 29.0. The Morgan fingerprint density at radius 3 is 2.70 bits per heavy atom. The van der Waals surface area contributed by atoms with E-state index in [0.717, 1.165) is 31.2 Å². The molecule has 0 radical (unpaired) electrons. The summed E-state index contributed by atoms with van der Waals surface area (Å²) in [6.45, 7) is 5.81. The molecular formula is C26H30F2N8O4. The number of unbranched alkanes of at least 4 members (excludes halogenated alkanes) is 1. The highest BCUT2D eigenvalue weighted by Gasteiger charge is 2.27. The fourth-order valence-corrected chi connectivity index (χ4v) is 4.37. The van der Waals surface area contributed by atoms with Crippen LogP contribution in [0.15, 0.2) is 30.9 Å². The molecular weight excluding hydrogens is 526 g/mol. The van der Waals surface area contributed by atoms with Crippen molar-refractivity contribution in [1.82, 2.24) is 30.0 Å². The minimum atomic E-state index is -1.20. The predicted molar refractivity (Wildman–Crippen MR) is 143 cm³/mol. The number of aryl methyl sites for hydroxylation is 1. The zero-order valence-electron chi connectivity index (χ0n) is 22.5. The van der Waals surface area contributed by atoms with Gasteiger partial charge in [0.15, 0.2) is 5.82 Å². The molecule has 0 aliphatic heterocycles. The molecule has 0 fully saturated rings. The third-order valence-electron chi connectivity index (χ3n) is 6.21. The number of carbonyl (C=O) groups excluding carboxylic acids is 1. The number of fused-ring (bicyclic) bond motifs is 1. The lowest BCUT2D eigenvalue weighted by atomic mass is 10.0. The summed E-state index contributed by atoms with van der Waals surface area (Å²) in [5.41, 5.74) is 3.18. The highest BCUT2D eigenvalue weighted by Crippen LogP contribution is 2.37. The average molecular weight is 557 g/mol. The van der Waals surface area contributed by atoms with Crippen LogP contribution >= 0.6 is 0 Å². The molecule has 0 atom stereocenters. The smallest absolute Gasteiger partial charge is 0.412 e. The lowest BCUT2D eigenvalue weighted by molar-refractivity contribution is 0.0533. The van der Waals surface area contributed by atoms with Crippen LogP contribution in [0.1, 0.15) is 67.0 Å². The molecule has 212 valence electrons. The summed E-state index contributed by atoms with van der Waals surface area (Å²) in [7, 11) is 1.19. The highest BCUT2D eigenvalue weighted by atomic mass is 19.1. The van der Waals surface area contributed by atoms with Crippen molar-refractivity contribution < 1.29 is 28.3 Å². The van der Waals surface area contributed by atoms with E-state index in [9.17, 15) is 23.5 Å². The average Bonchev–Trinajstić information content (AvgIpc) is 3.52. The normalized spacial score (nSPS) is 11.3. The first kappa shape index (κ1) is 28.4. The number of benzene rings is 1. The summed E-state index contributed by atoms with van der Waals surface area (Å²) >= 11 is 0. The van der Waals surface area contributed by atoms with Crippen LogP contribution in [0, 0.1) is 11.6 Å². The van der Waals surface area contributed by atoms with Gasteiger partial charge in [0, 0.05) is 24.2 Å². The van der Waals surface area contributed by atoms with Crippen LogP contribution in [0.2, 0.25) is 0 Å². The van der Waals surface area contributed by atoms with Gasteiger partial charge in [-0.15, -0.1) is 0 Å². The number of aromatic nitrogens is 5. The van der Waals surface area contributed by atoms with Crippen LogP contribution in [0.4, 0.5) is 30.8 Å². The summed E-state index contributed by atoms with van der Waals surface area (Å²) in [6.07, 6.45) is 5.98. The molecule has 0 aliphatic carbocycles. The third-order valence-corrected chi connectivity index (χ3v) is 6.21. The van der Waals surface area contributed by atoms with Crippen LogP contribution in [-0.2, 0) is 17.8 Å². The number of hydrogen-bond donors (Lipinski definition) is 4. The second-order valence-electron chi connectivity index (χ2n) is 9.37. The van der Waals surface area contributed by atoms with Gasteiger partial charge in [0.05, 0.1) is 42.5 Å².